The van der Waals surface area contributed by atoms with Gasteiger partial charge in [-0.25, -0.2) is 14.2 Å². The van der Waals surface area contributed by atoms with E-state index in [1.807, 2.05) is 0 Å². The monoisotopic (exact) mass is 249 g/mol. The van der Waals surface area contributed by atoms with Crippen molar-refractivity contribution in [1.29, 1.82) is 0 Å². The topological polar surface area (TPSA) is 70.1 Å². The number of hydrogen-bond donors (Lipinski definition) is 1. The first-order valence-corrected chi connectivity index (χ1v) is 5.39. The molecule has 1 aromatic carbocycles. The Hall–Kier alpha value is -2.37. The van der Waals surface area contributed by atoms with Crippen molar-refractivity contribution in [3.63, 3.8) is 0 Å². The summed E-state index contributed by atoms with van der Waals surface area (Å²) in [5, 5.41) is 0. The normalized spacial score (nSPS) is 10.3. The number of aromatic nitrogens is 2. The minimum atomic E-state index is -0.592. The molecule has 0 aliphatic carbocycles. The van der Waals surface area contributed by atoms with Gasteiger partial charge < -0.3 is 10.5 Å². The van der Waals surface area contributed by atoms with Crippen LogP contribution < -0.4 is 5.73 Å². The van der Waals surface area contributed by atoms with Crippen molar-refractivity contribution in [3.8, 4) is 5.69 Å². The average Bonchev–Trinajstić information content (AvgIpc) is 2.71. The molecule has 6 heteroatoms. The van der Waals surface area contributed by atoms with E-state index in [9.17, 15) is 9.18 Å². The summed E-state index contributed by atoms with van der Waals surface area (Å²) in [5.41, 5.74) is 6.32. The summed E-state index contributed by atoms with van der Waals surface area (Å²) in [6.45, 7) is 1.93. The van der Waals surface area contributed by atoms with E-state index in [-0.39, 0.29) is 18.1 Å². The van der Waals surface area contributed by atoms with Crippen LogP contribution in [0.3, 0.4) is 0 Å². The lowest BCUT2D eigenvalue weighted by Crippen LogP contribution is -2.09. The Morgan fingerprint density at radius 3 is 3.00 bits per heavy atom. The number of carbonyl (C=O) groups is 1. The van der Waals surface area contributed by atoms with Crippen LogP contribution in [0.2, 0.25) is 0 Å². The van der Waals surface area contributed by atoms with Crippen molar-refractivity contribution in [3.05, 3.63) is 42.1 Å². The summed E-state index contributed by atoms with van der Waals surface area (Å²) in [6, 6.07) is 5.83. The fourth-order valence-electron chi connectivity index (χ4n) is 1.55. The predicted molar refractivity (Wildman–Crippen MR) is 63.9 cm³/mol. The summed E-state index contributed by atoms with van der Waals surface area (Å²) in [5.74, 6) is -0.859. The predicted octanol–water partition coefficient (Wildman–Crippen LogP) is 1.77. The van der Waals surface area contributed by atoms with E-state index < -0.39 is 11.8 Å². The first-order chi connectivity index (χ1) is 8.63. The molecule has 0 saturated heterocycles. The van der Waals surface area contributed by atoms with Gasteiger partial charge in [0.15, 0.2) is 5.69 Å². The first kappa shape index (κ1) is 12.1. The van der Waals surface area contributed by atoms with Gasteiger partial charge in [-0.1, -0.05) is 6.07 Å². The maximum Gasteiger partial charge on any atom is 0.360 e. The van der Waals surface area contributed by atoms with Crippen molar-refractivity contribution in [1.82, 2.24) is 9.55 Å². The van der Waals surface area contributed by atoms with Crippen molar-refractivity contribution >= 4 is 11.8 Å². The lowest BCUT2D eigenvalue weighted by molar-refractivity contribution is 0.0521. The molecule has 2 N–H and O–H groups in total. The van der Waals surface area contributed by atoms with Gasteiger partial charge in [-0.15, -0.1) is 0 Å². The summed E-state index contributed by atoms with van der Waals surface area (Å²) in [4.78, 5) is 15.4. The molecule has 0 fully saturated rings. The molecule has 0 atom stereocenters. The third-order valence-electron chi connectivity index (χ3n) is 2.36. The SMILES string of the molecule is CCOC(=O)c1ncn(-c2cccc(F)c2)c1N. The number of imidazole rings is 1. The quantitative estimate of drug-likeness (QED) is 0.841. The number of ether oxygens (including phenoxy) is 1. The number of anilines is 1. The van der Waals surface area contributed by atoms with Gasteiger partial charge in [0.05, 0.1) is 12.3 Å². The molecule has 2 rings (SSSR count). The van der Waals surface area contributed by atoms with E-state index >= 15 is 0 Å². The van der Waals surface area contributed by atoms with Crippen LogP contribution in [0.25, 0.3) is 5.69 Å². The molecule has 5 nitrogen and oxygen atoms in total. The largest absolute Gasteiger partial charge is 0.461 e. The molecule has 0 unspecified atom stereocenters. The number of hydrogen-bond acceptors (Lipinski definition) is 4. The third-order valence-corrected chi connectivity index (χ3v) is 2.36. The van der Waals surface area contributed by atoms with Crippen LogP contribution in [-0.4, -0.2) is 22.1 Å². The maximum absolute atomic E-state index is 13.1. The summed E-state index contributed by atoms with van der Waals surface area (Å²) in [7, 11) is 0. The number of nitrogen functional groups attached to an aromatic ring is 1. The summed E-state index contributed by atoms with van der Waals surface area (Å²) < 4.78 is 19.3. The van der Waals surface area contributed by atoms with Gasteiger partial charge in [0.25, 0.3) is 0 Å². The molecule has 94 valence electrons. The second-order valence-electron chi connectivity index (χ2n) is 3.55. The van der Waals surface area contributed by atoms with Crippen LogP contribution in [0.5, 0.6) is 0 Å². The molecule has 0 bridgehead atoms. The number of halogens is 1. The van der Waals surface area contributed by atoms with Crippen molar-refractivity contribution in [2.45, 2.75) is 6.92 Å². The van der Waals surface area contributed by atoms with Crippen molar-refractivity contribution in [2.24, 2.45) is 0 Å². The van der Waals surface area contributed by atoms with Gasteiger partial charge in [0.1, 0.15) is 18.0 Å². The second-order valence-corrected chi connectivity index (χ2v) is 3.55. The molecule has 0 aliphatic heterocycles. The number of nitrogens with zero attached hydrogens (tertiary/aromatic N) is 2. The molecular weight excluding hydrogens is 237 g/mol. The fourth-order valence-corrected chi connectivity index (χ4v) is 1.55. The highest BCUT2D eigenvalue weighted by Gasteiger charge is 2.17. The number of nitrogens with two attached hydrogens (primary N) is 1. The zero-order valence-corrected chi connectivity index (χ0v) is 9.76. The van der Waals surface area contributed by atoms with E-state index in [2.05, 4.69) is 4.98 Å². The number of esters is 1. The van der Waals surface area contributed by atoms with Crippen LogP contribution in [0.4, 0.5) is 10.2 Å². The minimum Gasteiger partial charge on any atom is -0.461 e. The van der Waals surface area contributed by atoms with Crippen molar-refractivity contribution < 1.29 is 13.9 Å². The molecule has 1 aromatic heterocycles. The van der Waals surface area contributed by atoms with Gasteiger partial charge in [0.2, 0.25) is 0 Å². The van der Waals surface area contributed by atoms with Crippen LogP contribution in [0.1, 0.15) is 17.4 Å². The first-order valence-electron chi connectivity index (χ1n) is 5.39. The lowest BCUT2D eigenvalue weighted by Gasteiger charge is -2.05. The van der Waals surface area contributed by atoms with E-state index in [1.54, 1.807) is 19.1 Å². The molecular formula is C12H12FN3O2. The molecule has 0 radical (unpaired) electrons. The Labute approximate surface area is 103 Å². The summed E-state index contributed by atoms with van der Waals surface area (Å²) in [6.07, 6.45) is 1.36. The molecule has 0 saturated carbocycles. The zero-order valence-electron chi connectivity index (χ0n) is 9.76. The average molecular weight is 249 g/mol. The lowest BCUT2D eigenvalue weighted by atomic mass is 10.3. The van der Waals surface area contributed by atoms with Crippen LogP contribution in [0, 0.1) is 5.82 Å². The Morgan fingerprint density at radius 2 is 2.33 bits per heavy atom. The smallest absolute Gasteiger partial charge is 0.360 e. The highest BCUT2D eigenvalue weighted by atomic mass is 19.1. The third kappa shape index (κ3) is 2.17. The number of benzene rings is 1. The highest BCUT2D eigenvalue weighted by molar-refractivity contribution is 5.92. The molecule has 18 heavy (non-hydrogen) atoms. The second kappa shape index (κ2) is 4.87. The number of carbonyl (C=O) groups excluding carboxylic acids is 1. The van der Waals surface area contributed by atoms with E-state index in [4.69, 9.17) is 10.5 Å². The number of rotatable bonds is 3. The molecule has 0 amide bonds. The molecule has 0 aliphatic rings. The van der Waals surface area contributed by atoms with Crippen LogP contribution in [-0.2, 0) is 4.74 Å². The Bertz CT molecular complexity index is 580. The van der Waals surface area contributed by atoms with E-state index in [0.29, 0.717) is 5.69 Å². The Balaban J connectivity index is 2.39. The van der Waals surface area contributed by atoms with Crippen LogP contribution in [0.15, 0.2) is 30.6 Å². The molecule has 1 heterocycles. The highest BCUT2D eigenvalue weighted by Crippen LogP contribution is 2.18. The summed E-state index contributed by atoms with van der Waals surface area (Å²) >= 11 is 0. The fraction of sp³-hybridized carbons (Fsp3) is 0.167. The maximum atomic E-state index is 13.1. The van der Waals surface area contributed by atoms with Crippen LogP contribution >= 0.6 is 0 Å². The van der Waals surface area contributed by atoms with Gasteiger partial charge >= 0.3 is 5.97 Å². The Morgan fingerprint density at radius 1 is 1.56 bits per heavy atom. The van der Waals surface area contributed by atoms with Gasteiger partial charge in [-0.3, -0.25) is 4.57 Å². The molecule has 2 aromatic rings. The minimum absolute atomic E-state index is 0.0288. The van der Waals surface area contributed by atoms with Gasteiger partial charge in [-0.2, -0.15) is 0 Å². The standard InChI is InChI=1S/C12H12FN3O2/c1-2-18-12(17)10-11(14)16(7-15-10)9-5-3-4-8(13)6-9/h3-7H,2,14H2,1H3. The van der Waals surface area contributed by atoms with Gasteiger partial charge in [0, 0.05) is 0 Å². The zero-order chi connectivity index (χ0) is 13.1. The molecule has 0 spiro atoms. The van der Waals surface area contributed by atoms with Gasteiger partial charge in [-0.05, 0) is 25.1 Å². The Kier molecular flexibility index (Phi) is 3.27. The van der Waals surface area contributed by atoms with E-state index in [1.165, 1.54) is 23.0 Å². The van der Waals surface area contributed by atoms with Crippen molar-refractivity contribution in [2.75, 3.05) is 12.3 Å². The van der Waals surface area contributed by atoms with E-state index in [0.717, 1.165) is 0 Å².